The largest absolute Gasteiger partial charge is 0.389 e. The lowest BCUT2D eigenvalue weighted by molar-refractivity contribution is -0.134. The van der Waals surface area contributed by atoms with Crippen LogP contribution in [0.5, 0.6) is 0 Å². The van der Waals surface area contributed by atoms with Crippen LogP contribution in [0.25, 0.3) is 0 Å². The van der Waals surface area contributed by atoms with Crippen molar-refractivity contribution in [1.29, 1.82) is 0 Å². The molecule has 1 saturated carbocycles. The summed E-state index contributed by atoms with van der Waals surface area (Å²) in [7, 11) is 0. The Morgan fingerprint density at radius 3 is 2.76 bits per heavy atom. The molecule has 17 heavy (non-hydrogen) atoms. The molecule has 1 aliphatic rings. The van der Waals surface area contributed by atoms with E-state index in [1.54, 1.807) is 6.07 Å². The summed E-state index contributed by atoms with van der Waals surface area (Å²) in [6.07, 6.45) is -1.31. The number of nitrogens with one attached hydrogen (secondary N) is 1. The number of halogens is 3. The van der Waals surface area contributed by atoms with Gasteiger partial charge in [-0.25, -0.2) is 9.97 Å². The van der Waals surface area contributed by atoms with Crippen molar-refractivity contribution in [2.75, 3.05) is 0 Å². The molecule has 0 aromatic carbocycles. The summed E-state index contributed by atoms with van der Waals surface area (Å²) in [6, 6.07) is 2.29. The summed E-state index contributed by atoms with van der Waals surface area (Å²) in [6.45, 7) is 0.603. The molecule has 3 nitrogen and oxygen atoms in total. The smallest absolute Gasteiger partial charge is 0.308 e. The molecule has 0 radical (unpaired) electrons. The third-order valence-electron chi connectivity index (χ3n) is 2.54. The van der Waals surface area contributed by atoms with E-state index in [1.807, 2.05) is 0 Å². The van der Waals surface area contributed by atoms with Gasteiger partial charge >= 0.3 is 6.18 Å². The molecule has 0 amide bonds. The average Bonchev–Trinajstić information content (AvgIpc) is 3.07. The molecule has 1 aromatic rings. The van der Waals surface area contributed by atoms with Gasteiger partial charge in [0, 0.05) is 25.2 Å². The van der Waals surface area contributed by atoms with Gasteiger partial charge in [0.25, 0.3) is 0 Å². The monoisotopic (exact) mass is 245 g/mol. The van der Waals surface area contributed by atoms with Crippen molar-refractivity contribution in [2.24, 2.45) is 0 Å². The van der Waals surface area contributed by atoms with E-state index in [1.165, 1.54) is 19.0 Å². The zero-order valence-corrected chi connectivity index (χ0v) is 9.30. The number of hydrogen-bond donors (Lipinski definition) is 1. The standard InChI is InChI=1S/C11H14F3N3/c12-11(13,14)5-3-10-15-6-4-9(17-10)7-16-8-1-2-8/h4,6,8,16H,1-3,5,7H2. The molecular formula is C11H14F3N3. The first-order chi connectivity index (χ1) is 8.03. The van der Waals surface area contributed by atoms with E-state index in [0.717, 1.165) is 5.69 Å². The van der Waals surface area contributed by atoms with Crippen LogP contribution in [-0.4, -0.2) is 22.2 Å². The first kappa shape index (κ1) is 12.3. The van der Waals surface area contributed by atoms with Crippen LogP contribution >= 0.6 is 0 Å². The van der Waals surface area contributed by atoms with Gasteiger partial charge in [0.1, 0.15) is 5.82 Å². The molecule has 1 heterocycles. The van der Waals surface area contributed by atoms with Crippen molar-refractivity contribution in [3.05, 3.63) is 23.8 Å². The molecule has 6 heteroatoms. The van der Waals surface area contributed by atoms with Crippen LogP contribution in [-0.2, 0) is 13.0 Å². The molecule has 94 valence electrons. The summed E-state index contributed by atoms with van der Waals surface area (Å²) >= 11 is 0. The lowest BCUT2D eigenvalue weighted by Crippen LogP contribution is -2.17. The van der Waals surface area contributed by atoms with E-state index < -0.39 is 12.6 Å². The normalized spacial score (nSPS) is 16.2. The topological polar surface area (TPSA) is 37.8 Å². The summed E-state index contributed by atoms with van der Waals surface area (Å²) < 4.78 is 36.1. The van der Waals surface area contributed by atoms with Gasteiger partial charge in [-0.2, -0.15) is 13.2 Å². The molecule has 1 fully saturated rings. The maximum atomic E-state index is 12.0. The Hall–Kier alpha value is -1.17. The molecule has 0 spiro atoms. The van der Waals surface area contributed by atoms with Gasteiger partial charge < -0.3 is 5.32 Å². The predicted octanol–water partition coefficient (Wildman–Crippen LogP) is 2.22. The Labute approximate surface area is 97.5 Å². The fraction of sp³-hybridized carbons (Fsp3) is 0.636. The average molecular weight is 245 g/mol. The van der Waals surface area contributed by atoms with Crippen molar-refractivity contribution in [3.8, 4) is 0 Å². The Morgan fingerprint density at radius 1 is 1.35 bits per heavy atom. The lowest BCUT2D eigenvalue weighted by Gasteiger charge is -2.06. The quantitative estimate of drug-likeness (QED) is 0.864. The molecule has 0 bridgehead atoms. The van der Waals surface area contributed by atoms with Crippen molar-refractivity contribution >= 4 is 0 Å². The maximum absolute atomic E-state index is 12.0. The highest BCUT2D eigenvalue weighted by Crippen LogP contribution is 2.21. The Balaban J connectivity index is 1.86. The number of hydrogen-bond acceptors (Lipinski definition) is 3. The van der Waals surface area contributed by atoms with Crippen LogP contribution in [0.3, 0.4) is 0 Å². The van der Waals surface area contributed by atoms with E-state index in [9.17, 15) is 13.2 Å². The van der Waals surface area contributed by atoms with E-state index in [0.29, 0.717) is 12.6 Å². The minimum atomic E-state index is -4.15. The molecule has 0 saturated heterocycles. The van der Waals surface area contributed by atoms with Gasteiger partial charge in [-0.05, 0) is 18.9 Å². The fourth-order valence-corrected chi connectivity index (χ4v) is 1.45. The first-order valence-corrected chi connectivity index (χ1v) is 5.64. The number of aryl methyl sites for hydroxylation is 1. The van der Waals surface area contributed by atoms with Gasteiger partial charge in [-0.3, -0.25) is 0 Å². The summed E-state index contributed by atoms with van der Waals surface area (Å²) in [5.74, 6) is 0.262. The zero-order valence-electron chi connectivity index (χ0n) is 9.30. The van der Waals surface area contributed by atoms with Crippen LogP contribution in [0.2, 0.25) is 0 Å². The van der Waals surface area contributed by atoms with E-state index in [-0.39, 0.29) is 12.2 Å². The second-order valence-electron chi connectivity index (χ2n) is 4.23. The Kier molecular flexibility index (Phi) is 3.61. The predicted molar refractivity (Wildman–Crippen MR) is 56.3 cm³/mol. The van der Waals surface area contributed by atoms with E-state index >= 15 is 0 Å². The van der Waals surface area contributed by atoms with Crippen LogP contribution in [0.1, 0.15) is 30.8 Å². The highest BCUT2D eigenvalue weighted by Gasteiger charge is 2.27. The summed E-state index contributed by atoms with van der Waals surface area (Å²) in [5, 5.41) is 3.26. The minimum absolute atomic E-state index is 0.152. The molecule has 1 aliphatic carbocycles. The number of alkyl halides is 3. The second-order valence-corrected chi connectivity index (χ2v) is 4.23. The SMILES string of the molecule is FC(F)(F)CCc1nccc(CNC2CC2)n1. The highest BCUT2D eigenvalue weighted by molar-refractivity contribution is 5.03. The van der Waals surface area contributed by atoms with Crippen LogP contribution in [0.15, 0.2) is 12.3 Å². The van der Waals surface area contributed by atoms with Gasteiger partial charge in [0.2, 0.25) is 0 Å². The third-order valence-corrected chi connectivity index (χ3v) is 2.54. The number of aromatic nitrogens is 2. The third kappa shape index (κ3) is 4.68. The van der Waals surface area contributed by atoms with Gasteiger partial charge in [-0.1, -0.05) is 0 Å². The molecule has 1 aromatic heterocycles. The van der Waals surface area contributed by atoms with Gasteiger partial charge in [-0.15, -0.1) is 0 Å². The van der Waals surface area contributed by atoms with Crippen molar-refractivity contribution in [1.82, 2.24) is 15.3 Å². The molecule has 2 rings (SSSR count). The second kappa shape index (κ2) is 5.00. The molecule has 0 aliphatic heterocycles. The van der Waals surface area contributed by atoms with Crippen molar-refractivity contribution in [2.45, 2.75) is 44.4 Å². The number of nitrogens with zero attached hydrogens (tertiary/aromatic N) is 2. The van der Waals surface area contributed by atoms with Gasteiger partial charge in [0.05, 0.1) is 12.1 Å². The lowest BCUT2D eigenvalue weighted by atomic mass is 10.3. The van der Waals surface area contributed by atoms with Gasteiger partial charge in [0.15, 0.2) is 0 Å². The summed E-state index contributed by atoms with van der Waals surface area (Å²) in [4.78, 5) is 7.95. The summed E-state index contributed by atoms with van der Waals surface area (Å²) in [5.41, 5.74) is 0.754. The number of rotatable bonds is 5. The Morgan fingerprint density at radius 2 is 2.12 bits per heavy atom. The fourth-order valence-electron chi connectivity index (χ4n) is 1.45. The highest BCUT2D eigenvalue weighted by atomic mass is 19.4. The molecule has 1 N–H and O–H groups in total. The van der Waals surface area contributed by atoms with Crippen molar-refractivity contribution in [3.63, 3.8) is 0 Å². The first-order valence-electron chi connectivity index (χ1n) is 5.64. The molecule has 0 unspecified atom stereocenters. The minimum Gasteiger partial charge on any atom is -0.308 e. The Bertz CT molecular complexity index is 374. The van der Waals surface area contributed by atoms with Crippen LogP contribution in [0, 0.1) is 0 Å². The molecule has 0 atom stereocenters. The van der Waals surface area contributed by atoms with Crippen LogP contribution < -0.4 is 5.32 Å². The molecular weight excluding hydrogens is 231 g/mol. The van der Waals surface area contributed by atoms with Crippen LogP contribution in [0.4, 0.5) is 13.2 Å². The zero-order chi connectivity index (χ0) is 12.3. The van der Waals surface area contributed by atoms with E-state index in [4.69, 9.17) is 0 Å². The van der Waals surface area contributed by atoms with Crippen molar-refractivity contribution < 1.29 is 13.2 Å². The van der Waals surface area contributed by atoms with E-state index in [2.05, 4.69) is 15.3 Å². The maximum Gasteiger partial charge on any atom is 0.389 e.